The molecule has 0 radical (unpaired) electrons. The van der Waals surface area contributed by atoms with Crippen LogP contribution in [0.4, 0.5) is 0 Å². The minimum Gasteiger partial charge on any atom is -0.346 e. The number of hydrogen-bond donors (Lipinski definition) is 2. The SMILES string of the molecule is CC(NC(=O)Cc1cn2ccsc2n1)c1nn[nH]n1. The smallest absolute Gasteiger partial charge is 0.226 e. The van der Waals surface area contributed by atoms with E-state index in [-0.39, 0.29) is 18.4 Å². The van der Waals surface area contributed by atoms with E-state index in [1.807, 2.05) is 22.2 Å². The number of aromatic amines is 1. The summed E-state index contributed by atoms with van der Waals surface area (Å²) < 4.78 is 1.90. The first-order chi connectivity index (χ1) is 9.22. The van der Waals surface area contributed by atoms with Gasteiger partial charge in [0.25, 0.3) is 0 Å². The van der Waals surface area contributed by atoms with E-state index >= 15 is 0 Å². The monoisotopic (exact) mass is 277 g/mol. The van der Waals surface area contributed by atoms with E-state index in [1.54, 1.807) is 6.92 Å². The zero-order chi connectivity index (χ0) is 13.2. The molecule has 3 rings (SSSR count). The van der Waals surface area contributed by atoms with Crippen molar-refractivity contribution in [3.05, 3.63) is 29.3 Å². The van der Waals surface area contributed by atoms with Gasteiger partial charge in [0.05, 0.1) is 18.2 Å². The molecular weight excluding hydrogens is 266 g/mol. The Hall–Kier alpha value is -2.29. The summed E-state index contributed by atoms with van der Waals surface area (Å²) in [4.78, 5) is 17.1. The van der Waals surface area contributed by atoms with Gasteiger partial charge in [0, 0.05) is 17.8 Å². The summed E-state index contributed by atoms with van der Waals surface area (Å²) >= 11 is 1.53. The first-order valence-electron chi connectivity index (χ1n) is 5.66. The normalized spacial score (nSPS) is 12.7. The van der Waals surface area contributed by atoms with E-state index in [0.29, 0.717) is 5.82 Å². The van der Waals surface area contributed by atoms with Crippen LogP contribution in [0.5, 0.6) is 0 Å². The predicted octanol–water partition coefficient (Wildman–Crippen LogP) is 0.329. The number of thiazole rings is 1. The molecular formula is C10H11N7OS. The van der Waals surface area contributed by atoms with Crippen LogP contribution >= 0.6 is 11.3 Å². The van der Waals surface area contributed by atoms with Crippen molar-refractivity contribution in [3.63, 3.8) is 0 Å². The molecule has 98 valence electrons. The fourth-order valence-electron chi connectivity index (χ4n) is 1.74. The third-order valence-electron chi connectivity index (χ3n) is 2.61. The molecule has 0 spiro atoms. The molecule has 3 aromatic heterocycles. The lowest BCUT2D eigenvalue weighted by atomic mass is 10.2. The van der Waals surface area contributed by atoms with Crippen LogP contribution in [0.2, 0.25) is 0 Å². The van der Waals surface area contributed by atoms with Crippen molar-refractivity contribution < 1.29 is 4.79 Å². The Morgan fingerprint density at radius 2 is 2.53 bits per heavy atom. The van der Waals surface area contributed by atoms with E-state index in [2.05, 4.69) is 30.9 Å². The number of aromatic nitrogens is 6. The molecule has 0 aliphatic carbocycles. The number of H-pyrrole nitrogens is 1. The number of nitrogens with one attached hydrogen (secondary N) is 2. The van der Waals surface area contributed by atoms with Crippen LogP contribution in [0, 0.1) is 0 Å². The molecule has 8 nitrogen and oxygen atoms in total. The van der Waals surface area contributed by atoms with Crippen LogP contribution in [-0.2, 0) is 11.2 Å². The molecule has 0 aromatic carbocycles. The van der Waals surface area contributed by atoms with Crippen LogP contribution in [0.3, 0.4) is 0 Å². The summed E-state index contributed by atoms with van der Waals surface area (Å²) in [6, 6.07) is -0.282. The average Bonchev–Trinajstić information content (AvgIpc) is 3.03. The second-order valence-electron chi connectivity index (χ2n) is 4.06. The van der Waals surface area contributed by atoms with E-state index in [1.165, 1.54) is 11.3 Å². The Bertz CT molecular complexity index is 657. The number of carbonyl (C=O) groups excluding carboxylic acids is 1. The molecule has 2 N–H and O–H groups in total. The maximum atomic E-state index is 11.9. The third-order valence-corrected chi connectivity index (χ3v) is 3.38. The van der Waals surface area contributed by atoms with Gasteiger partial charge in [0.1, 0.15) is 0 Å². The van der Waals surface area contributed by atoms with Crippen molar-refractivity contribution in [2.24, 2.45) is 0 Å². The molecule has 9 heteroatoms. The number of imidazole rings is 1. The van der Waals surface area contributed by atoms with Crippen molar-refractivity contribution >= 4 is 22.2 Å². The van der Waals surface area contributed by atoms with Crippen molar-refractivity contribution in [2.45, 2.75) is 19.4 Å². The molecule has 0 aliphatic heterocycles. The standard InChI is InChI=1S/C10H11N7OS/c1-6(9-13-15-16-14-9)11-8(18)4-7-5-17-2-3-19-10(17)12-7/h2-3,5-6H,4H2,1H3,(H,11,18)(H,13,14,15,16). The average molecular weight is 277 g/mol. The number of rotatable bonds is 4. The van der Waals surface area contributed by atoms with Gasteiger partial charge < -0.3 is 5.32 Å². The number of tetrazole rings is 1. The highest BCUT2D eigenvalue weighted by molar-refractivity contribution is 7.15. The van der Waals surface area contributed by atoms with E-state index in [4.69, 9.17) is 0 Å². The Morgan fingerprint density at radius 1 is 1.63 bits per heavy atom. The summed E-state index contributed by atoms with van der Waals surface area (Å²) in [6.07, 6.45) is 4.00. The van der Waals surface area contributed by atoms with Crippen molar-refractivity contribution in [2.75, 3.05) is 0 Å². The van der Waals surface area contributed by atoms with E-state index in [9.17, 15) is 4.79 Å². The molecule has 0 bridgehead atoms. The molecule has 3 aromatic rings. The third kappa shape index (κ3) is 2.45. The lowest BCUT2D eigenvalue weighted by Crippen LogP contribution is -2.28. The maximum absolute atomic E-state index is 11.9. The number of nitrogens with zero attached hydrogens (tertiary/aromatic N) is 5. The molecule has 0 aliphatic rings. The first-order valence-corrected chi connectivity index (χ1v) is 6.54. The minimum absolute atomic E-state index is 0.122. The van der Waals surface area contributed by atoms with Gasteiger partial charge >= 0.3 is 0 Å². The van der Waals surface area contributed by atoms with E-state index in [0.717, 1.165) is 10.7 Å². The quantitative estimate of drug-likeness (QED) is 0.715. The summed E-state index contributed by atoms with van der Waals surface area (Å²) in [5.74, 6) is 0.335. The highest BCUT2D eigenvalue weighted by atomic mass is 32.1. The van der Waals surface area contributed by atoms with E-state index < -0.39 is 0 Å². The van der Waals surface area contributed by atoms with Crippen molar-refractivity contribution in [3.8, 4) is 0 Å². The van der Waals surface area contributed by atoms with Gasteiger partial charge in [0.2, 0.25) is 5.91 Å². The molecule has 3 heterocycles. The molecule has 0 saturated carbocycles. The molecule has 1 unspecified atom stereocenters. The Kier molecular flexibility index (Phi) is 2.95. The lowest BCUT2D eigenvalue weighted by molar-refractivity contribution is -0.121. The maximum Gasteiger partial charge on any atom is 0.226 e. The second kappa shape index (κ2) is 4.76. The fraction of sp³-hybridized carbons (Fsp3) is 0.300. The summed E-state index contributed by atoms with van der Waals surface area (Å²) in [5, 5.41) is 18.2. The number of fused-ring (bicyclic) bond motifs is 1. The van der Waals surface area contributed by atoms with Gasteiger partial charge in [-0.25, -0.2) is 4.98 Å². The van der Waals surface area contributed by atoms with Crippen molar-refractivity contribution in [1.82, 2.24) is 35.3 Å². The van der Waals surface area contributed by atoms with Gasteiger partial charge in [-0.1, -0.05) is 5.21 Å². The Morgan fingerprint density at radius 3 is 3.26 bits per heavy atom. The molecule has 1 atom stereocenters. The second-order valence-corrected chi connectivity index (χ2v) is 4.93. The van der Waals surface area contributed by atoms with Crippen LogP contribution in [-0.4, -0.2) is 35.9 Å². The van der Waals surface area contributed by atoms with Crippen molar-refractivity contribution in [1.29, 1.82) is 0 Å². The summed E-state index contributed by atoms with van der Waals surface area (Å²) in [7, 11) is 0. The van der Waals surface area contributed by atoms with Crippen LogP contribution in [0.25, 0.3) is 4.96 Å². The summed E-state index contributed by atoms with van der Waals surface area (Å²) in [6.45, 7) is 1.80. The fourth-order valence-corrected chi connectivity index (χ4v) is 2.45. The number of hydrogen-bond acceptors (Lipinski definition) is 6. The molecule has 0 saturated heterocycles. The molecule has 1 amide bonds. The van der Waals surface area contributed by atoms with Gasteiger partial charge in [0.15, 0.2) is 10.8 Å². The number of amides is 1. The topological polar surface area (TPSA) is 101 Å². The van der Waals surface area contributed by atoms with Gasteiger partial charge in [-0.05, 0) is 6.92 Å². The molecule has 19 heavy (non-hydrogen) atoms. The number of carbonyl (C=O) groups is 1. The highest BCUT2D eigenvalue weighted by Crippen LogP contribution is 2.12. The Balaban J connectivity index is 1.63. The molecule has 0 fully saturated rings. The first kappa shape index (κ1) is 11.8. The zero-order valence-electron chi connectivity index (χ0n) is 10.1. The van der Waals surface area contributed by atoms with Gasteiger partial charge in [-0.2, -0.15) is 5.21 Å². The Labute approximate surface area is 111 Å². The highest BCUT2D eigenvalue weighted by Gasteiger charge is 2.15. The lowest BCUT2D eigenvalue weighted by Gasteiger charge is -2.08. The predicted molar refractivity (Wildman–Crippen MR) is 67.5 cm³/mol. The van der Waals surface area contributed by atoms with Gasteiger partial charge in [-0.15, -0.1) is 21.5 Å². The summed E-state index contributed by atoms with van der Waals surface area (Å²) in [5.41, 5.74) is 0.740. The largest absolute Gasteiger partial charge is 0.346 e. The van der Waals surface area contributed by atoms with Crippen LogP contribution in [0.15, 0.2) is 17.8 Å². The minimum atomic E-state index is -0.282. The van der Waals surface area contributed by atoms with Gasteiger partial charge in [-0.3, -0.25) is 9.20 Å². The zero-order valence-corrected chi connectivity index (χ0v) is 10.9. The van der Waals surface area contributed by atoms with Crippen LogP contribution < -0.4 is 5.32 Å². The van der Waals surface area contributed by atoms with Crippen LogP contribution in [0.1, 0.15) is 24.5 Å².